The molecule has 0 radical (unpaired) electrons. The monoisotopic (exact) mass is 303 g/mol. The third-order valence-corrected chi connectivity index (χ3v) is 2.99. The summed E-state index contributed by atoms with van der Waals surface area (Å²) in [5, 5.41) is 22.7. The lowest BCUT2D eigenvalue weighted by Gasteiger charge is -2.09. The molecule has 0 aliphatic carbocycles. The van der Waals surface area contributed by atoms with Crippen molar-refractivity contribution >= 4 is 17.3 Å². The van der Waals surface area contributed by atoms with Gasteiger partial charge in [-0.2, -0.15) is 0 Å². The van der Waals surface area contributed by atoms with Gasteiger partial charge in [0.25, 0.3) is 11.2 Å². The van der Waals surface area contributed by atoms with Gasteiger partial charge in [0.15, 0.2) is 0 Å². The summed E-state index contributed by atoms with van der Waals surface area (Å²) in [4.78, 5) is 33.8. The van der Waals surface area contributed by atoms with Crippen molar-refractivity contribution in [3.63, 3.8) is 0 Å². The van der Waals surface area contributed by atoms with Gasteiger partial charge in [-0.1, -0.05) is 6.07 Å². The number of hydrogen-bond acceptors (Lipinski definition) is 5. The van der Waals surface area contributed by atoms with Crippen LogP contribution in [0.5, 0.6) is 5.75 Å². The number of rotatable bonds is 4. The van der Waals surface area contributed by atoms with Crippen LogP contribution >= 0.6 is 0 Å². The van der Waals surface area contributed by atoms with Gasteiger partial charge in [-0.15, -0.1) is 0 Å². The summed E-state index contributed by atoms with van der Waals surface area (Å²) in [5.41, 5.74) is -0.157. The van der Waals surface area contributed by atoms with E-state index in [0.29, 0.717) is 5.56 Å². The maximum Gasteiger partial charge on any atom is 0.271 e. The van der Waals surface area contributed by atoms with Crippen molar-refractivity contribution in [2.45, 2.75) is 13.5 Å². The van der Waals surface area contributed by atoms with Crippen molar-refractivity contribution in [1.29, 1.82) is 0 Å². The number of carbonyl (C=O) groups is 1. The third-order valence-electron chi connectivity index (χ3n) is 2.99. The zero-order chi connectivity index (χ0) is 16.3. The van der Waals surface area contributed by atoms with Crippen LogP contribution in [-0.2, 0) is 11.3 Å². The second-order valence-corrected chi connectivity index (χ2v) is 4.63. The lowest BCUT2D eigenvalue weighted by atomic mass is 10.2. The molecule has 1 heterocycles. The van der Waals surface area contributed by atoms with Crippen LogP contribution in [0.1, 0.15) is 5.56 Å². The number of nitrogens with zero attached hydrogens (tertiary/aromatic N) is 2. The highest BCUT2D eigenvalue weighted by atomic mass is 16.6. The lowest BCUT2D eigenvalue weighted by Crippen LogP contribution is -2.28. The summed E-state index contributed by atoms with van der Waals surface area (Å²) in [6.45, 7) is 1.37. The van der Waals surface area contributed by atoms with Crippen molar-refractivity contribution < 1.29 is 14.8 Å². The molecule has 22 heavy (non-hydrogen) atoms. The number of pyridine rings is 1. The van der Waals surface area contributed by atoms with Gasteiger partial charge in [0.1, 0.15) is 12.3 Å². The smallest absolute Gasteiger partial charge is 0.271 e. The molecule has 1 aromatic carbocycles. The third kappa shape index (κ3) is 3.29. The number of aromatic hydroxyl groups is 1. The molecule has 2 rings (SSSR count). The summed E-state index contributed by atoms with van der Waals surface area (Å²) in [7, 11) is 0. The van der Waals surface area contributed by atoms with Crippen molar-refractivity contribution in [2.75, 3.05) is 5.32 Å². The Morgan fingerprint density at radius 1 is 1.41 bits per heavy atom. The Morgan fingerprint density at radius 2 is 2.14 bits per heavy atom. The normalized spacial score (nSPS) is 10.2. The second kappa shape index (κ2) is 6.08. The zero-order valence-corrected chi connectivity index (χ0v) is 11.6. The van der Waals surface area contributed by atoms with Gasteiger partial charge < -0.3 is 15.0 Å². The minimum atomic E-state index is -0.639. The van der Waals surface area contributed by atoms with E-state index in [1.165, 1.54) is 10.8 Å². The van der Waals surface area contributed by atoms with Crippen molar-refractivity contribution in [2.24, 2.45) is 0 Å². The van der Waals surface area contributed by atoms with Gasteiger partial charge in [0.2, 0.25) is 5.91 Å². The Kier molecular flexibility index (Phi) is 4.21. The molecule has 0 spiro atoms. The highest BCUT2D eigenvalue weighted by Gasteiger charge is 2.13. The van der Waals surface area contributed by atoms with Gasteiger partial charge in [0, 0.05) is 23.9 Å². The second-order valence-electron chi connectivity index (χ2n) is 4.63. The molecule has 2 aromatic rings. The summed E-state index contributed by atoms with van der Waals surface area (Å²) in [6.07, 6.45) is 1.46. The Balaban J connectivity index is 2.19. The molecule has 1 amide bonds. The number of aryl methyl sites for hydroxylation is 1. The quantitative estimate of drug-likeness (QED) is 0.503. The number of phenolic OH excluding ortho intramolecular Hbond substituents is 1. The number of nitro benzene ring substituents is 1. The number of nitro groups is 1. The van der Waals surface area contributed by atoms with Crippen LogP contribution in [0.15, 0.2) is 41.3 Å². The number of hydrogen-bond donors (Lipinski definition) is 2. The van der Waals surface area contributed by atoms with Gasteiger partial charge in [-0.25, -0.2) is 0 Å². The van der Waals surface area contributed by atoms with Gasteiger partial charge in [0.05, 0.1) is 10.6 Å². The van der Waals surface area contributed by atoms with Crippen LogP contribution in [0.2, 0.25) is 0 Å². The fraction of sp³-hybridized carbons (Fsp3) is 0.143. The summed E-state index contributed by atoms with van der Waals surface area (Å²) in [6, 6.07) is 6.55. The molecule has 8 nitrogen and oxygen atoms in total. The fourth-order valence-corrected chi connectivity index (χ4v) is 1.86. The number of nitrogens with one attached hydrogen (secondary N) is 1. The Labute approximate surface area is 124 Å². The van der Waals surface area contributed by atoms with Crippen molar-refractivity contribution in [3.05, 3.63) is 62.6 Å². The van der Waals surface area contributed by atoms with Crippen molar-refractivity contribution in [3.8, 4) is 5.75 Å². The topological polar surface area (TPSA) is 114 Å². The average Bonchev–Trinajstić information content (AvgIpc) is 2.46. The maximum atomic E-state index is 11.9. The van der Waals surface area contributed by atoms with E-state index in [-0.39, 0.29) is 29.2 Å². The first-order chi connectivity index (χ1) is 10.4. The number of carbonyl (C=O) groups excluding carboxylic acids is 1. The first-order valence-electron chi connectivity index (χ1n) is 6.32. The van der Waals surface area contributed by atoms with Crippen LogP contribution in [0.3, 0.4) is 0 Å². The van der Waals surface area contributed by atoms with Crippen LogP contribution in [0.4, 0.5) is 11.4 Å². The molecule has 0 fully saturated rings. The molecule has 114 valence electrons. The number of aromatic nitrogens is 1. The summed E-state index contributed by atoms with van der Waals surface area (Å²) in [5.74, 6) is -0.876. The van der Waals surface area contributed by atoms with E-state index in [0.717, 1.165) is 18.2 Å². The predicted octanol–water partition coefficient (Wildman–Crippen LogP) is 1.41. The highest BCUT2D eigenvalue weighted by Crippen LogP contribution is 2.27. The molecule has 0 bridgehead atoms. The van der Waals surface area contributed by atoms with Gasteiger partial charge in [-0.05, 0) is 19.1 Å². The van der Waals surface area contributed by atoms with Crippen LogP contribution in [0, 0.1) is 17.0 Å². The average molecular weight is 303 g/mol. The minimum Gasteiger partial charge on any atom is -0.506 e. The molecule has 0 aliphatic heterocycles. The predicted molar refractivity (Wildman–Crippen MR) is 78.8 cm³/mol. The highest BCUT2D eigenvalue weighted by molar-refractivity contribution is 5.92. The molecule has 0 atom stereocenters. The van der Waals surface area contributed by atoms with Gasteiger partial charge in [-0.3, -0.25) is 19.7 Å². The number of non-ortho nitro benzene ring substituents is 1. The molecule has 2 N–H and O–H groups in total. The Hall–Kier alpha value is -3.16. The van der Waals surface area contributed by atoms with E-state index in [4.69, 9.17) is 0 Å². The SMILES string of the molecule is Cc1cccn(CC(=O)Nc2cc([N+](=O)[O-])ccc2O)c1=O. The molecule has 0 unspecified atom stereocenters. The van der Waals surface area contributed by atoms with Crippen LogP contribution < -0.4 is 10.9 Å². The fourth-order valence-electron chi connectivity index (χ4n) is 1.86. The molecule has 8 heteroatoms. The Bertz CT molecular complexity index is 797. The number of benzene rings is 1. The number of amides is 1. The molecular weight excluding hydrogens is 290 g/mol. The molecule has 0 saturated heterocycles. The van der Waals surface area contributed by atoms with E-state index in [1.54, 1.807) is 19.1 Å². The Morgan fingerprint density at radius 3 is 2.82 bits per heavy atom. The standard InChI is InChI=1S/C14H13N3O5/c1-9-3-2-6-16(14(9)20)8-13(19)15-11-7-10(17(21)22)4-5-12(11)18/h2-7,18H,8H2,1H3,(H,15,19). The van der Waals surface area contributed by atoms with E-state index in [1.807, 2.05) is 0 Å². The molecule has 1 aromatic heterocycles. The van der Waals surface area contributed by atoms with E-state index >= 15 is 0 Å². The largest absolute Gasteiger partial charge is 0.506 e. The lowest BCUT2D eigenvalue weighted by molar-refractivity contribution is -0.384. The first-order valence-corrected chi connectivity index (χ1v) is 6.32. The van der Waals surface area contributed by atoms with Gasteiger partial charge >= 0.3 is 0 Å². The molecule has 0 saturated carbocycles. The van der Waals surface area contributed by atoms with E-state index in [9.17, 15) is 24.8 Å². The van der Waals surface area contributed by atoms with E-state index < -0.39 is 10.8 Å². The van der Waals surface area contributed by atoms with E-state index in [2.05, 4.69) is 5.32 Å². The summed E-state index contributed by atoms with van der Waals surface area (Å²) < 4.78 is 1.21. The van der Waals surface area contributed by atoms with Crippen LogP contribution in [-0.4, -0.2) is 20.5 Å². The summed E-state index contributed by atoms with van der Waals surface area (Å²) >= 11 is 0. The first kappa shape index (κ1) is 15.2. The number of phenols is 1. The maximum absolute atomic E-state index is 11.9. The van der Waals surface area contributed by atoms with Crippen LogP contribution in [0.25, 0.3) is 0 Å². The molecule has 0 aliphatic rings. The minimum absolute atomic E-state index is 0.0834. The van der Waals surface area contributed by atoms with Crippen molar-refractivity contribution in [1.82, 2.24) is 4.57 Å². The number of anilines is 1. The molecular formula is C14H13N3O5. The zero-order valence-electron chi connectivity index (χ0n) is 11.6.